The normalized spacial score (nSPS) is 10.1. The lowest BCUT2D eigenvalue weighted by Crippen LogP contribution is -2.31. The molecule has 7 heteroatoms. The summed E-state index contributed by atoms with van der Waals surface area (Å²) in [7, 11) is 3.43. The van der Waals surface area contributed by atoms with E-state index in [0.717, 1.165) is 11.4 Å². The van der Waals surface area contributed by atoms with Gasteiger partial charge in [-0.1, -0.05) is 30.3 Å². The number of anilines is 3. The molecule has 132 valence electrons. The number of nitrogens with one attached hydrogen (secondary N) is 2. The highest BCUT2D eigenvalue weighted by Gasteiger charge is 2.15. The molecule has 3 aromatic rings. The molecule has 1 heterocycles. The lowest BCUT2D eigenvalue weighted by atomic mass is 10.1. The summed E-state index contributed by atoms with van der Waals surface area (Å²) >= 11 is 0. The first-order valence-electron chi connectivity index (χ1n) is 8.00. The minimum atomic E-state index is -0.296. The Bertz CT molecular complexity index is 886. The summed E-state index contributed by atoms with van der Waals surface area (Å²) in [6.07, 6.45) is 1.54. The van der Waals surface area contributed by atoms with Gasteiger partial charge in [0.1, 0.15) is 0 Å². The van der Waals surface area contributed by atoms with E-state index in [2.05, 4.69) is 20.8 Å². The highest BCUT2D eigenvalue weighted by atomic mass is 16.5. The fourth-order valence-electron chi connectivity index (χ4n) is 2.44. The number of carbonyl (C=O) groups excluding carboxylic acids is 1. The molecule has 0 fully saturated rings. The molecule has 0 saturated carbocycles. The third-order valence-corrected chi connectivity index (χ3v) is 3.78. The van der Waals surface area contributed by atoms with Crippen LogP contribution in [0.2, 0.25) is 0 Å². The second-order valence-corrected chi connectivity index (χ2v) is 5.41. The van der Waals surface area contributed by atoms with Crippen molar-refractivity contribution in [3.63, 3.8) is 0 Å². The van der Waals surface area contributed by atoms with Gasteiger partial charge >= 0.3 is 0 Å². The van der Waals surface area contributed by atoms with Crippen LogP contribution in [0.25, 0.3) is 0 Å². The molecule has 1 amide bonds. The van der Waals surface area contributed by atoms with E-state index < -0.39 is 0 Å². The van der Waals surface area contributed by atoms with Gasteiger partial charge in [0, 0.05) is 25.0 Å². The van der Waals surface area contributed by atoms with Gasteiger partial charge in [0.25, 0.3) is 5.91 Å². The fraction of sp³-hybridized carbons (Fsp3) is 0.105. The number of benzene rings is 2. The van der Waals surface area contributed by atoms with Crippen LogP contribution in [0.1, 0.15) is 10.4 Å². The van der Waals surface area contributed by atoms with E-state index in [0.29, 0.717) is 11.4 Å². The predicted octanol–water partition coefficient (Wildman–Crippen LogP) is 3.01. The lowest BCUT2D eigenvalue weighted by molar-refractivity contribution is 0.0963. The molecule has 0 aliphatic heterocycles. The van der Waals surface area contributed by atoms with Crippen molar-refractivity contribution in [3.05, 3.63) is 72.4 Å². The van der Waals surface area contributed by atoms with Gasteiger partial charge in [0.2, 0.25) is 11.8 Å². The number of hydrogen-bond acceptors (Lipinski definition) is 6. The lowest BCUT2D eigenvalue weighted by Gasteiger charge is -2.22. The predicted molar refractivity (Wildman–Crippen MR) is 101 cm³/mol. The number of aromatic nitrogens is 2. The standard InChI is InChI=1S/C19H19N5O2/c1-24(14-8-4-3-5-9-14)16-11-7-6-10-15(16)18(25)22-23-19-20-13-12-17(21-19)26-2/h3-13H,1-2H3,(H,22,25)(H,20,21,23). The Morgan fingerprint density at radius 3 is 2.54 bits per heavy atom. The monoisotopic (exact) mass is 349 g/mol. The van der Waals surface area contributed by atoms with Crippen LogP contribution in [0.3, 0.4) is 0 Å². The van der Waals surface area contributed by atoms with E-state index in [1.807, 2.05) is 60.5 Å². The molecule has 0 bridgehead atoms. The Morgan fingerprint density at radius 1 is 1.04 bits per heavy atom. The van der Waals surface area contributed by atoms with Gasteiger partial charge in [-0.05, 0) is 24.3 Å². The molecule has 0 unspecified atom stereocenters. The van der Waals surface area contributed by atoms with E-state index in [4.69, 9.17) is 4.74 Å². The molecule has 0 atom stereocenters. The van der Waals surface area contributed by atoms with Gasteiger partial charge < -0.3 is 9.64 Å². The number of para-hydroxylation sites is 2. The minimum absolute atomic E-state index is 0.242. The number of amides is 1. The van der Waals surface area contributed by atoms with Gasteiger partial charge in [-0.3, -0.25) is 15.6 Å². The van der Waals surface area contributed by atoms with Gasteiger partial charge in [-0.2, -0.15) is 4.98 Å². The van der Waals surface area contributed by atoms with E-state index >= 15 is 0 Å². The zero-order chi connectivity index (χ0) is 18.4. The molecule has 1 aromatic heterocycles. The van der Waals surface area contributed by atoms with Crippen LogP contribution in [0.5, 0.6) is 5.88 Å². The number of rotatable bonds is 6. The molecular weight excluding hydrogens is 330 g/mol. The van der Waals surface area contributed by atoms with Crippen LogP contribution in [-0.2, 0) is 0 Å². The number of carbonyl (C=O) groups is 1. The summed E-state index contributed by atoms with van der Waals surface area (Å²) in [4.78, 5) is 22.7. The van der Waals surface area contributed by atoms with Crippen molar-refractivity contribution in [1.82, 2.24) is 15.4 Å². The Hall–Kier alpha value is -3.61. The third kappa shape index (κ3) is 3.89. The molecule has 7 nitrogen and oxygen atoms in total. The second-order valence-electron chi connectivity index (χ2n) is 5.41. The van der Waals surface area contributed by atoms with Crippen molar-refractivity contribution < 1.29 is 9.53 Å². The van der Waals surface area contributed by atoms with E-state index in [1.165, 1.54) is 13.3 Å². The number of ether oxygens (including phenoxy) is 1. The smallest absolute Gasteiger partial charge is 0.271 e. The van der Waals surface area contributed by atoms with Crippen molar-refractivity contribution in [3.8, 4) is 5.88 Å². The van der Waals surface area contributed by atoms with Crippen LogP contribution in [0.4, 0.5) is 17.3 Å². The molecule has 2 aromatic carbocycles. The maximum atomic E-state index is 12.6. The SMILES string of the molecule is COc1ccnc(NNC(=O)c2ccccc2N(C)c2ccccc2)n1. The Morgan fingerprint density at radius 2 is 1.77 bits per heavy atom. The molecule has 2 N–H and O–H groups in total. The molecule has 0 aliphatic rings. The third-order valence-electron chi connectivity index (χ3n) is 3.78. The zero-order valence-corrected chi connectivity index (χ0v) is 14.5. The summed E-state index contributed by atoms with van der Waals surface area (Å²) in [5, 5.41) is 0. The van der Waals surface area contributed by atoms with Crippen LogP contribution in [0.15, 0.2) is 66.9 Å². The van der Waals surface area contributed by atoms with Crippen molar-refractivity contribution in [1.29, 1.82) is 0 Å². The zero-order valence-electron chi connectivity index (χ0n) is 14.5. The largest absolute Gasteiger partial charge is 0.481 e. The second kappa shape index (κ2) is 7.98. The van der Waals surface area contributed by atoms with Crippen molar-refractivity contribution in [2.75, 3.05) is 24.5 Å². The summed E-state index contributed by atoms with van der Waals surface area (Å²) < 4.78 is 5.04. The Balaban J connectivity index is 1.77. The minimum Gasteiger partial charge on any atom is -0.481 e. The molecule has 0 spiro atoms. The van der Waals surface area contributed by atoms with E-state index in [9.17, 15) is 4.79 Å². The van der Waals surface area contributed by atoms with Crippen LogP contribution in [-0.4, -0.2) is 30.0 Å². The van der Waals surface area contributed by atoms with Gasteiger partial charge in [-0.25, -0.2) is 4.98 Å². The van der Waals surface area contributed by atoms with Crippen LogP contribution < -0.4 is 20.5 Å². The summed E-state index contributed by atoms with van der Waals surface area (Å²) in [6.45, 7) is 0. The first kappa shape index (κ1) is 17.2. The topological polar surface area (TPSA) is 79.4 Å². The Labute approximate surface area is 151 Å². The quantitative estimate of drug-likeness (QED) is 0.666. The van der Waals surface area contributed by atoms with Crippen molar-refractivity contribution in [2.24, 2.45) is 0 Å². The highest BCUT2D eigenvalue weighted by Crippen LogP contribution is 2.26. The number of hydrogen-bond donors (Lipinski definition) is 2. The van der Waals surface area contributed by atoms with Crippen LogP contribution >= 0.6 is 0 Å². The maximum absolute atomic E-state index is 12.6. The van der Waals surface area contributed by atoms with E-state index in [1.54, 1.807) is 12.1 Å². The molecular formula is C19H19N5O2. The first-order chi connectivity index (χ1) is 12.7. The fourth-order valence-corrected chi connectivity index (χ4v) is 2.44. The number of hydrazine groups is 1. The molecule has 0 saturated heterocycles. The van der Waals surface area contributed by atoms with Gasteiger partial charge in [0.15, 0.2) is 0 Å². The van der Waals surface area contributed by atoms with Crippen molar-refractivity contribution >= 4 is 23.2 Å². The Kier molecular flexibility index (Phi) is 5.28. The summed E-state index contributed by atoms with van der Waals surface area (Å²) in [5.41, 5.74) is 7.61. The van der Waals surface area contributed by atoms with Crippen LogP contribution in [0, 0.1) is 0 Å². The van der Waals surface area contributed by atoms with Gasteiger partial charge in [0.05, 0.1) is 18.4 Å². The number of nitrogens with zero attached hydrogens (tertiary/aromatic N) is 3. The molecule has 26 heavy (non-hydrogen) atoms. The summed E-state index contributed by atoms with van der Waals surface area (Å²) in [6, 6.07) is 18.8. The van der Waals surface area contributed by atoms with Crippen molar-refractivity contribution in [2.45, 2.75) is 0 Å². The average molecular weight is 349 g/mol. The molecule has 0 radical (unpaired) electrons. The van der Waals surface area contributed by atoms with Gasteiger partial charge in [-0.15, -0.1) is 0 Å². The average Bonchev–Trinajstić information content (AvgIpc) is 2.72. The summed E-state index contributed by atoms with van der Waals surface area (Å²) in [5.74, 6) is 0.349. The molecule has 0 aliphatic carbocycles. The first-order valence-corrected chi connectivity index (χ1v) is 8.00. The maximum Gasteiger partial charge on any atom is 0.271 e. The number of methoxy groups -OCH3 is 1. The highest BCUT2D eigenvalue weighted by molar-refractivity contribution is 6.01. The molecule has 3 rings (SSSR count). The van der Waals surface area contributed by atoms with E-state index in [-0.39, 0.29) is 11.9 Å².